The molecule has 0 aliphatic carbocycles. The van der Waals surface area contributed by atoms with Gasteiger partial charge in [-0.1, -0.05) is 130 Å². The molecule has 0 aliphatic rings. The molecule has 2 heterocycles. The highest BCUT2D eigenvalue weighted by Crippen LogP contribution is 2.38. The molecule has 0 saturated heterocycles. The van der Waals surface area contributed by atoms with Crippen molar-refractivity contribution in [3.8, 4) is 11.1 Å². The Morgan fingerprint density at radius 3 is 1.52 bits per heavy atom. The Morgan fingerprint density at radius 2 is 0.978 bits per heavy atom. The van der Waals surface area contributed by atoms with Gasteiger partial charge in [0, 0.05) is 21.5 Å². The molecular weight excluding hydrogens is 605 g/mol. The van der Waals surface area contributed by atoms with Gasteiger partial charge < -0.3 is 18.9 Å². The first-order valence-electron chi connectivity index (χ1n) is 13.7. The molecule has 8 aromatic rings. The van der Waals surface area contributed by atoms with Crippen LogP contribution in [0.3, 0.4) is 0 Å². The maximum atomic E-state index is 14.0. The van der Waals surface area contributed by atoms with Gasteiger partial charge in [0.25, 0.3) is 0 Å². The molecule has 6 aromatic carbocycles. The molecule has 0 spiro atoms. The van der Waals surface area contributed by atoms with Crippen LogP contribution in [-0.4, -0.2) is 17.2 Å². The minimum atomic E-state index is -1.34. The highest BCUT2D eigenvalue weighted by atomic mass is 35.5. The van der Waals surface area contributed by atoms with Crippen molar-refractivity contribution in [3.63, 3.8) is 0 Å². The van der Waals surface area contributed by atoms with Gasteiger partial charge in [0.15, 0.2) is 22.8 Å². The predicted molar refractivity (Wildman–Crippen MR) is 188 cm³/mol. The molecule has 0 aliphatic heterocycles. The zero-order valence-electron chi connectivity index (χ0n) is 23.1. The number of para-hydroxylation sites is 2. The Bertz CT molecular complexity index is 2200. The van der Waals surface area contributed by atoms with Crippen LogP contribution >= 0.6 is 11.6 Å². The summed E-state index contributed by atoms with van der Waals surface area (Å²) in [5, 5.41) is 20.9. The van der Waals surface area contributed by atoms with Crippen molar-refractivity contribution < 1.29 is 27.7 Å². The number of hydrogen-bond acceptors (Lipinski definition) is 4. The first-order valence-corrected chi connectivity index (χ1v) is 14.1. The molecule has 0 bridgehead atoms. The molecule has 0 saturated carbocycles. The van der Waals surface area contributed by atoms with Crippen LogP contribution in [0.1, 0.15) is 14.9 Å². The van der Waals surface area contributed by atoms with Gasteiger partial charge in [0.1, 0.15) is 11.2 Å². The Kier molecular flexibility index (Phi) is 11.0. The van der Waals surface area contributed by atoms with E-state index >= 15 is 0 Å². The van der Waals surface area contributed by atoms with E-state index in [9.17, 15) is 8.78 Å². The largest absolute Gasteiger partial charge is 0.488 e. The minimum Gasteiger partial charge on any atom is -0.453 e. The van der Waals surface area contributed by atoms with Crippen molar-refractivity contribution in [3.05, 3.63) is 150 Å². The summed E-state index contributed by atoms with van der Waals surface area (Å²) in [6, 6.07) is 39.8. The molecule has 4 nitrogen and oxygen atoms in total. The Hall–Kier alpha value is -4.95. The molecule has 8 rings (SSSR count). The van der Waals surface area contributed by atoms with E-state index in [0.717, 1.165) is 27.3 Å². The second kappa shape index (κ2) is 14.9. The summed E-state index contributed by atoms with van der Waals surface area (Å²) >= 11 is 6.02. The quantitative estimate of drug-likeness (QED) is 0.185. The second-order valence-corrected chi connectivity index (χ2v) is 10.3. The van der Waals surface area contributed by atoms with E-state index in [2.05, 4.69) is 0 Å². The molecule has 46 heavy (non-hydrogen) atoms. The van der Waals surface area contributed by atoms with Crippen LogP contribution in [0, 0.1) is 11.6 Å². The van der Waals surface area contributed by atoms with Crippen molar-refractivity contribution in [2.75, 3.05) is 0 Å². The zero-order chi connectivity index (χ0) is 30.6. The molecular formula is C38H32BClF2O4. The fourth-order valence-electron chi connectivity index (χ4n) is 5.04. The lowest BCUT2D eigenvalue weighted by molar-refractivity contribution is 0.426. The SMILES string of the molecule is C.C.Fc1ccc(-c2ccccc2)c2c1oc1ccccc12.Fc1ccc(Cl)c2c1oc1ccccc12.OB(O)c1ccccc1. The molecule has 2 N–H and O–H groups in total. The van der Waals surface area contributed by atoms with Crippen LogP contribution in [0.2, 0.25) is 5.02 Å². The van der Waals surface area contributed by atoms with E-state index in [4.69, 9.17) is 30.5 Å². The van der Waals surface area contributed by atoms with Crippen LogP contribution < -0.4 is 5.46 Å². The molecule has 2 aromatic heterocycles. The third-order valence-corrected chi connectivity index (χ3v) is 7.40. The van der Waals surface area contributed by atoms with Crippen molar-refractivity contribution in [2.24, 2.45) is 0 Å². The average molecular weight is 637 g/mol. The van der Waals surface area contributed by atoms with Crippen molar-refractivity contribution in [1.82, 2.24) is 0 Å². The first kappa shape index (κ1) is 33.9. The van der Waals surface area contributed by atoms with Crippen LogP contribution in [0.4, 0.5) is 8.78 Å². The Labute approximate surface area is 271 Å². The van der Waals surface area contributed by atoms with Gasteiger partial charge in [-0.2, -0.15) is 0 Å². The molecule has 0 atom stereocenters. The Morgan fingerprint density at radius 1 is 0.522 bits per heavy atom. The summed E-state index contributed by atoms with van der Waals surface area (Å²) in [6.07, 6.45) is 0. The lowest BCUT2D eigenvalue weighted by Crippen LogP contribution is -2.29. The van der Waals surface area contributed by atoms with Crippen molar-refractivity contribution in [2.45, 2.75) is 14.9 Å². The van der Waals surface area contributed by atoms with E-state index in [1.807, 2.05) is 84.9 Å². The molecule has 0 radical (unpaired) electrons. The zero-order valence-corrected chi connectivity index (χ0v) is 23.9. The van der Waals surface area contributed by atoms with Gasteiger partial charge >= 0.3 is 7.12 Å². The third-order valence-electron chi connectivity index (χ3n) is 7.09. The molecule has 0 amide bonds. The summed E-state index contributed by atoms with van der Waals surface area (Å²) in [6.45, 7) is 0. The molecule has 0 unspecified atom stereocenters. The predicted octanol–water partition coefficient (Wildman–Crippen LogP) is 10.4. The third kappa shape index (κ3) is 6.82. The highest BCUT2D eigenvalue weighted by molar-refractivity contribution is 6.58. The Balaban J connectivity index is 0.000000164. The fourth-order valence-corrected chi connectivity index (χ4v) is 5.29. The van der Waals surface area contributed by atoms with Gasteiger partial charge in [-0.25, -0.2) is 8.78 Å². The standard InChI is InChI=1S/C18H11FO.C12H6ClFO.C6H7BO2.2CH4/c19-15-11-10-13(12-6-2-1-3-7-12)17-14-8-4-5-9-16(14)20-18(15)17;13-8-5-6-9(14)12-11(8)7-3-1-2-4-10(7)15-12;8-7(9)6-4-2-1-3-5-6;;/h1-11H;1-6H;1-5,8-9H;2*1H4. The monoisotopic (exact) mass is 636 g/mol. The lowest BCUT2D eigenvalue weighted by Gasteiger charge is -2.04. The minimum absolute atomic E-state index is 0. The van der Waals surface area contributed by atoms with E-state index < -0.39 is 7.12 Å². The topological polar surface area (TPSA) is 66.7 Å². The highest BCUT2D eigenvalue weighted by Gasteiger charge is 2.16. The van der Waals surface area contributed by atoms with Crippen molar-refractivity contribution >= 4 is 68.1 Å². The first-order chi connectivity index (χ1) is 21.4. The lowest BCUT2D eigenvalue weighted by atomic mass is 9.81. The van der Waals surface area contributed by atoms with E-state index in [1.54, 1.807) is 36.4 Å². The van der Waals surface area contributed by atoms with Crippen molar-refractivity contribution in [1.29, 1.82) is 0 Å². The summed E-state index contributed by atoms with van der Waals surface area (Å²) in [5.74, 6) is -0.707. The maximum absolute atomic E-state index is 14.0. The van der Waals surface area contributed by atoms with Crippen LogP contribution in [0.25, 0.3) is 55.0 Å². The van der Waals surface area contributed by atoms with E-state index in [1.165, 1.54) is 12.1 Å². The normalized spacial score (nSPS) is 10.4. The number of benzene rings is 6. The van der Waals surface area contributed by atoms with Gasteiger partial charge in [0.05, 0.1) is 5.02 Å². The maximum Gasteiger partial charge on any atom is 0.488 e. The fraction of sp³-hybridized carbons (Fsp3) is 0.0526. The van der Waals surface area contributed by atoms with Gasteiger partial charge in [-0.3, -0.25) is 0 Å². The number of halogens is 3. The molecule has 0 fully saturated rings. The van der Waals surface area contributed by atoms with Crippen LogP contribution in [0.15, 0.2) is 142 Å². The number of hydrogen-bond donors (Lipinski definition) is 2. The van der Waals surface area contributed by atoms with Gasteiger partial charge in [-0.15, -0.1) is 0 Å². The van der Waals surface area contributed by atoms with E-state index in [-0.39, 0.29) is 32.1 Å². The average Bonchev–Trinajstić information content (AvgIpc) is 3.66. The van der Waals surface area contributed by atoms with Gasteiger partial charge in [-0.05, 0) is 46.9 Å². The summed E-state index contributed by atoms with van der Waals surface area (Å²) in [7, 11) is -1.34. The van der Waals surface area contributed by atoms with Crippen LogP contribution in [-0.2, 0) is 0 Å². The number of rotatable bonds is 2. The summed E-state index contributed by atoms with van der Waals surface area (Å²) in [5.41, 5.74) is 4.49. The summed E-state index contributed by atoms with van der Waals surface area (Å²) < 4.78 is 38.6. The van der Waals surface area contributed by atoms with E-state index in [0.29, 0.717) is 32.6 Å². The van der Waals surface area contributed by atoms with Crippen LogP contribution in [0.5, 0.6) is 0 Å². The number of furan rings is 2. The second-order valence-electron chi connectivity index (χ2n) is 9.88. The van der Waals surface area contributed by atoms with Gasteiger partial charge in [0.2, 0.25) is 0 Å². The number of fused-ring (bicyclic) bond motifs is 6. The summed E-state index contributed by atoms with van der Waals surface area (Å²) in [4.78, 5) is 0. The molecule has 8 heteroatoms. The smallest absolute Gasteiger partial charge is 0.453 e. The molecule has 232 valence electrons.